The van der Waals surface area contributed by atoms with Crippen LogP contribution in [0.25, 0.3) is 0 Å². The lowest BCUT2D eigenvalue weighted by Crippen LogP contribution is -2.63. The highest BCUT2D eigenvalue weighted by atomic mass is 16.5. The number of piperidine rings is 1. The summed E-state index contributed by atoms with van der Waals surface area (Å²) in [6.45, 7) is 8.31. The van der Waals surface area contributed by atoms with E-state index in [4.69, 9.17) is 4.74 Å². The average Bonchev–Trinajstić information content (AvgIpc) is 2.91. The van der Waals surface area contributed by atoms with Gasteiger partial charge in [0.25, 0.3) is 0 Å². The van der Waals surface area contributed by atoms with Crippen LogP contribution in [0.5, 0.6) is 0 Å². The van der Waals surface area contributed by atoms with Gasteiger partial charge in [-0.3, -0.25) is 14.8 Å². The van der Waals surface area contributed by atoms with Crippen LogP contribution < -0.4 is 5.32 Å². The Labute approximate surface area is 142 Å². The molecule has 2 fully saturated rings. The number of aromatic nitrogens is 2. The minimum atomic E-state index is -1.01. The van der Waals surface area contributed by atoms with Crippen molar-refractivity contribution in [2.75, 3.05) is 19.7 Å². The largest absolute Gasteiger partial charge is 0.386 e. The maximum Gasteiger partial charge on any atom is 0.217 e. The fraction of sp³-hybridized carbons (Fsp3) is 0.765. The number of aryl methyl sites for hydroxylation is 1. The van der Waals surface area contributed by atoms with Gasteiger partial charge in [-0.2, -0.15) is 5.10 Å². The Morgan fingerprint density at radius 3 is 2.83 bits per heavy atom. The minimum Gasteiger partial charge on any atom is -0.386 e. The second-order valence-corrected chi connectivity index (χ2v) is 7.58. The van der Waals surface area contributed by atoms with Gasteiger partial charge < -0.3 is 15.2 Å². The molecular formula is C17H28N4O3. The number of carbonyl (C=O) groups is 1. The van der Waals surface area contributed by atoms with Gasteiger partial charge >= 0.3 is 0 Å². The number of likely N-dealkylation sites (tertiary alicyclic amines) is 1. The number of aliphatic hydroxyl groups is 1. The molecule has 1 amide bonds. The van der Waals surface area contributed by atoms with Gasteiger partial charge in [-0.25, -0.2) is 0 Å². The predicted octanol–water partition coefficient (Wildman–Crippen LogP) is 0.729. The van der Waals surface area contributed by atoms with E-state index in [0.29, 0.717) is 6.42 Å². The van der Waals surface area contributed by atoms with Crippen molar-refractivity contribution >= 4 is 5.91 Å². The van der Waals surface area contributed by atoms with Gasteiger partial charge in [0.1, 0.15) is 5.60 Å². The smallest absolute Gasteiger partial charge is 0.217 e. The lowest BCUT2D eigenvalue weighted by atomic mass is 9.77. The number of hydrogen-bond donors (Lipinski definition) is 3. The number of hydrogen-bond acceptors (Lipinski definition) is 5. The molecule has 2 aliphatic rings. The highest BCUT2D eigenvalue weighted by molar-refractivity contribution is 5.73. The Balaban J connectivity index is 1.60. The molecule has 2 atom stereocenters. The number of nitrogens with one attached hydrogen (secondary N) is 2. The van der Waals surface area contributed by atoms with E-state index in [9.17, 15) is 9.90 Å². The third-order valence-electron chi connectivity index (χ3n) is 5.47. The van der Waals surface area contributed by atoms with Gasteiger partial charge in [0.05, 0.1) is 24.4 Å². The Bertz CT molecular complexity index is 590. The van der Waals surface area contributed by atoms with Crippen molar-refractivity contribution < 1.29 is 14.6 Å². The molecule has 1 aromatic heterocycles. The molecule has 0 aliphatic carbocycles. The molecule has 0 aromatic carbocycles. The van der Waals surface area contributed by atoms with Crippen LogP contribution in [-0.4, -0.2) is 63.1 Å². The van der Waals surface area contributed by atoms with E-state index < -0.39 is 5.60 Å². The summed E-state index contributed by atoms with van der Waals surface area (Å²) in [5, 5.41) is 20.5. The minimum absolute atomic E-state index is 0.106. The van der Waals surface area contributed by atoms with Crippen LogP contribution in [-0.2, 0) is 16.1 Å². The Morgan fingerprint density at radius 1 is 1.54 bits per heavy atom. The van der Waals surface area contributed by atoms with Crippen LogP contribution in [0.15, 0.2) is 6.20 Å². The lowest BCUT2D eigenvalue weighted by Gasteiger charge is -2.50. The van der Waals surface area contributed by atoms with Gasteiger partial charge in [-0.15, -0.1) is 0 Å². The van der Waals surface area contributed by atoms with Gasteiger partial charge in [-0.1, -0.05) is 0 Å². The lowest BCUT2D eigenvalue weighted by molar-refractivity contribution is -0.193. The molecule has 3 N–H and O–H groups in total. The monoisotopic (exact) mass is 336 g/mol. The predicted molar refractivity (Wildman–Crippen MR) is 89.4 cm³/mol. The van der Waals surface area contributed by atoms with E-state index >= 15 is 0 Å². The summed E-state index contributed by atoms with van der Waals surface area (Å²) in [6.07, 6.45) is 4.38. The Kier molecular flexibility index (Phi) is 4.68. The zero-order valence-corrected chi connectivity index (χ0v) is 14.8. The molecular weight excluding hydrogens is 308 g/mol. The van der Waals surface area contributed by atoms with Gasteiger partial charge in [-0.05, 0) is 33.1 Å². The molecule has 0 radical (unpaired) electrons. The van der Waals surface area contributed by atoms with Crippen LogP contribution in [0.3, 0.4) is 0 Å². The van der Waals surface area contributed by atoms with Crippen molar-refractivity contribution in [2.24, 2.45) is 0 Å². The number of H-pyrrole nitrogens is 1. The summed E-state index contributed by atoms with van der Waals surface area (Å²) in [7, 11) is 0. The van der Waals surface area contributed by atoms with Crippen LogP contribution in [0, 0.1) is 6.92 Å². The maximum atomic E-state index is 11.5. The molecule has 7 nitrogen and oxygen atoms in total. The topological polar surface area (TPSA) is 90.5 Å². The summed E-state index contributed by atoms with van der Waals surface area (Å²) in [4.78, 5) is 13.9. The number of aromatic amines is 1. The van der Waals surface area contributed by atoms with Crippen molar-refractivity contribution in [1.29, 1.82) is 0 Å². The molecule has 0 bridgehead atoms. The summed E-state index contributed by atoms with van der Waals surface area (Å²) in [6, 6.07) is -0.258. The number of amides is 1. The van der Waals surface area contributed by atoms with Crippen molar-refractivity contribution in [3.05, 3.63) is 17.5 Å². The molecule has 3 heterocycles. The molecule has 24 heavy (non-hydrogen) atoms. The van der Waals surface area contributed by atoms with E-state index in [0.717, 1.165) is 38.2 Å². The Hall–Kier alpha value is -1.44. The zero-order chi connectivity index (χ0) is 17.4. The number of nitrogens with zero attached hydrogens (tertiary/aromatic N) is 2. The first kappa shape index (κ1) is 17.4. The second-order valence-electron chi connectivity index (χ2n) is 7.58. The molecule has 2 aliphatic heterocycles. The zero-order valence-electron chi connectivity index (χ0n) is 14.8. The fourth-order valence-corrected chi connectivity index (χ4v) is 3.75. The fourth-order valence-electron chi connectivity index (χ4n) is 3.75. The molecule has 0 unspecified atom stereocenters. The van der Waals surface area contributed by atoms with E-state index in [-0.39, 0.29) is 24.2 Å². The highest BCUT2D eigenvalue weighted by Gasteiger charge is 2.48. The summed E-state index contributed by atoms with van der Waals surface area (Å²) < 4.78 is 6.09. The van der Waals surface area contributed by atoms with Gasteiger partial charge in [0.15, 0.2) is 0 Å². The molecule has 3 rings (SSSR count). The quantitative estimate of drug-likeness (QED) is 0.757. The number of rotatable bonds is 3. The van der Waals surface area contributed by atoms with Gasteiger partial charge in [0.2, 0.25) is 5.91 Å². The first-order valence-corrected chi connectivity index (χ1v) is 8.64. The molecule has 1 aromatic rings. The average molecular weight is 336 g/mol. The first-order valence-electron chi connectivity index (χ1n) is 8.64. The van der Waals surface area contributed by atoms with Crippen molar-refractivity contribution in [2.45, 2.75) is 63.8 Å². The first-order chi connectivity index (χ1) is 11.3. The van der Waals surface area contributed by atoms with Crippen LogP contribution in [0.1, 0.15) is 44.4 Å². The summed E-state index contributed by atoms with van der Waals surface area (Å²) in [5.41, 5.74) is 1.10. The van der Waals surface area contributed by atoms with Crippen LogP contribution in [0.2, 0.25) is 0 Å². The van der Waals surface area contributed by atoms with Gasteiger partial charge in [0, 0.05) is 37.8 Å². The van der Waals surface area contributed by atoms with E-state index in [2.05, 4.69) is 20.4 Å². The van der Waals surface area contributed by atoms with Crippen LogP contribution >= 0.6 is 0 Å². The van der Waals surface area contributed by atoms with Crippen molar-refractivity contribution in [3.8, 4) is 0 Å². The number of ether oxygens (including phenoxy) is 1. The molecule has 1 spiro atoms. The SMILES string of the molecule is CC(=O)N[C@H]1CC2(CCN(Cc3cn[nH]c3C)CC2)OC[C@]1(C)O. The van der Waals surface area contributed by atoms with Crippen LogP contribution in [0.4, 0.5) is 0 Å². The number of carbonyl (C=O) groups excluding carboxylic acids is 1. The summed E-state index contributed by atoms with van der Waals surface area (Å²) >= 11 is 0. The molecule has 2 saturated heterocycles. The highest BCUT2D eigenvalue weighted by Crippen LogP contribution is 2.38. The third-order valence-corrected chi connectivity index (χ3v) is 5.47. The molecule has 134 valence electrons. The Morgan fingerprint density at radius 2 is 2.25 bits per heavy atom. The van der Waals surface area contributed by atoms with E-state index in [1.54, 1.807) is 6.92 Å². The normalized spacial score (nSPS) is 30.4. The van der Waals surface area contributed by atoms with E-state index in [1.165, 1.54) is 12.5 Å². The molecule has 7 heteroatoms. The van der Waals surface area contributed by atoms with E-state index in [1.807, 2.05) is 13.1 Å². The van der Waals surface area contributed by atoms with Crippen molar-refractivity contribution in [1.82, 2.24) is 20.4 Å². The maximum absolute atomic E-state index is 11.5. The van der Waals surface area contributed by atoms with Crippen molar-refractivity contribution in [3.63, 3.8) is 0 Å². The standard InChI is InChI=1S/C17H28N4O3/c1-12-14(9-18-20-12)10-21-6-4-17(5-7-21)8-15(19-13(2)22)16(3,23)11-24-17/h9,15,23H,4-8,10-11H2,1-3H3,(H,18,20)(H,19,22)/t15-,16-/m0/s1. The second kappa shape index (κ2) is 6.46. The third kappa shape index (κ3) is 3.63. The summed E-state index contributed by atoms with van der Waals surface area (Å²) in [5.74, 6) is -0.106. The molecule has 0 saturated carbocycles.